The summed E-state index contributed by atoms with van der Waals surface area (Å²) in [6, 6.07) is 14.6. The van der Waals surface area contributed by atoms with Gasteiger partial charge in [0.05, 0.1) is 11.1 Å². The quantitative estimate of drug-likeness (QED) is 0.727. The minimum atomic E-state index is -0.279. The number of hydrogen-bond donors (Lipinski definition) is 1. The highest BCUT2D eigenvalue weighted by molar-refractivity contribution is 6.30. The first kappa shape index (κ1) is 18.7. The molecular weight excluding hydrogens is 376 g/mol. The Labute approximate surface area is 168 Å². The molecule has 5 nitrogen and oxygen atoms in total. The fourth-order valence-corrected chi connectivity index (χ4v) is 3.92. The second-order valence-electron chi connectivity index (χ2n) is 7.48. The second kappa shape index (κ2) is 7.40. The molecule has 0 radical (unpaired) electrons. The van der Waals surface area contributed by atoms with Crippen molar-refractivity contribution in [1.29, 1.82) is 0 Å². The molecule has 28 heavy (non-hydrogen) atoms. The van der Waals surface area contributed by atoms with Crippen LogP contribution in [-0.2, 0) is 10.2 Å². The number of rotatable bonds is 7. The van der Waals surface area contributed by atoms with Crippen LogP contribution in [0.2, 0.25) is 5.02 Å². The molecule has 0 bridgehead atoms. The number of carbonyl (C=O) groups is 3. The van der Waals surface area contributed by atoms with Crippen LogP contribution in [0.15, 0.2) is 48.5 Å². The summed E-state index contributed by atoms with van der Waals surface area (Å²) < 4.78 is 0. The third-order valence-electron chi connectivity index (χ3n) is 5.58. The van der Waals surface area contributed by atoms with Crippen LogP contribution in [0.25, 0.3) is 0 Å². The van der Waals surface area contributed by atoms with E-state index < -0.39 is 0 Å². The molecule has 1 aliphatic heterocycles. The van der Waals surface area contributed by atoms with Gasteiger partial charge in [0.2, 0.25) is 5.91 Å². The van der Waals surface area contributed by atoms with Crippen molar-refractivity contribution < 1.29 is 14.4 Å². The zero-order valence-electron chi connectivity index (χ0n) is 15.4. The largest absolute Gasteiger partial charge is 0.355 e. The molecule has 4 rings (SSSR count). The minimum absolute atomic E-state index is 0.0108. The number of imide groups is 1. The number of nitrogens with zero attached hydrogens (tertiary/aromatic N) is 1. The van der Waals surface area contributed by atoms with E-state index in [0.717, 1.165) is 18.4 Å². The van der Waals surface area contributed by atoms with Gasteiger partial charge in [0.15, 0.2) is 0 Å². The van der Waals surface area contributed by atoms with Crippen molar-refractivity contribution in [2.24, 2.45) is 0 Å². The van der Waals surface area contributed by atoms with Gasteiger partial charge >= 0.3 is 0 Å². The lowest BCUT2D eigenvalue weighted by Gasteiger charge is -2.17. The van der Waals surface area contributed by atoms with Crippen molar-refractivity contribution in [2.75, 3.05) is 13.1 Å². The summed E-state index contributed by atoms with van der Waals surface area (Å²) in [5.74, 6) is -0.622. The molecule has 3 amide bonds. The third kappa shape index (κ3) is 3.54. The molecule has 0 atom stereocenters. The van der Waals surface area contributed by atoms with Crippen molar-refractivity contribution in [3.05, 3.63) is 70.2 Å². The molecule has 0 unspecified atom stereocenters. The highest BCUT2D eigenvalue weighted by Crippen LogP contribution is 2.48. The zero-order valence-corrected chi connectivity index (χ0v) is 16.2. The Balaban J connectivity index is 1.26. The summed E-state index contributed by atoms with van der Waals surface area (Å²) >= 11 is 6.08. The molecule has 2 aromatic rings. The van der Waals surface area contributed by atoms with Gasteiger partial charge in [-0.3, -0.25) is 19.3 Å². The maximum absolute atomic E-state index is 12.3. The lowest BCUT2D eigenvalue weighted by molar-refractivity contribution is -0.121. The van der Waals surface area contributed by atoms with Gasteiger partial charge in [-0.2, -0.15) is 0 Å². The molecular formula is C22H21ClN2O3. The third-order valence-corrected chi connectivity index (χ3v) is 5.81. The monoisotopic (exact) mass is 396 g/mol. The predicted molar refractivity (Wildman–Crippen MR) is 106 cm³/mol. The molecule has 1 saturated carbocycles. The fourth-order valence-electron chi connectivity index (χ4n) is 3.73. The van der Waals surface area contributed by atoms with E-state index in [9.17, 15) is 14.4 Å². The molecule has 2 aromatic carbocycles. The smallest absolute Gasteiger partial charge is 0.261 e. The molecule has 1 fully saturated rings. The topological polar surface area (TPSA) is 66.5 Å². The van der Waals surface area contributed by atoms with E-state index in [0.29, 0.717) is 29.1 Å². The maximum Gasteiger partial charge on any atom is 0.261 e. The molecule has 0 saturated heterocycles. The first-order valence-corrected chi connectivity index (χ1v) is 9.86. The SMILES string of the molecule is O=C(CCCN1C(=O)c2ccccc2C1=O)NCC1(c2cccc(Cl)c2)CC1. The van der Waals surface area contributed by atoms with E-state index in [2.05, 4.69) is 5.32 Å². The first-order chi connectivity index (χ1) is 13.5. The standard InChI is InChI=1S/C22H21ClN2O3/c23-16-6-3-5-15(13-16)22(10-11-22)14-24-19(26)9-4-12-25-20(27)17-7-1-2-8-18(17)21(25)28/h1-3,5-8,13H,4,9-12,14H2,(H,24,26). The number of benzene rings is 2. The van der Waals surface area contributed by atoms with Gasteiger partial charge < -0.3 is 5.32 Å². The summed E-state index contributed by atoms with van der Waals surface area (Å²) in [4.78, 5) is 38.1. The highest BCUT2D eigenvalue weighted by atomic mass is 35.5. The molecule has 6 heteroatoms. The lowest BCUT2D eigenvalue weighted by atomic mass is 9.96. The zero-order chi connectivity index (χ0) is 19.7. The minimum Gasteiger partial charge on any atom is -0.355 e. The summed E-state index contributed by atoms with van der Waals surface area (Å²) in [7, 11) is 0. The summed E-state index contributed by atoms with van der Waals surface area (Å²) in [5.41, 5.74) is 2.03. The molecule has 0 aromatic heterocycles. The Morgan fingerprint density at radius 2 is 1.71 bits per heavy atom. The van der Waals surface area contributed by atoms with E-state index in [1.54, 1.807) is 24.3 Å². The van der Waals surface area contributed by atoms with Crippen molar-refractivity contribution in [1.82, 2.24) is 10.2 Å². The predicted octanol–water partition coefficient (Wildman–Crippen LogP) is 3.56. The van der Waals surface area contributed by atoms with Gasteiger partial charge in [0, 0.05) is 29.9 Å². The molecule has 0 spiro atoms. The summed E-state index contributed by atoms with van der Waals surface area (Å²) in [5, 5.41) is 3.70. The van der Waals surface area contributed by atoms with E-state index >= 15 is 0 Å². The average molecular weight is 397 g/mol. The van der Waals surface area contributed by atoms with Crippen molar-refractivity contribution in [3.63, 3.8) is 0 Å². The molecule has 1 N–H and O–H groups in total. The Hall–Kier alpha value is -2.66. The molecule has 2 aliphatic rings. The number of hydrogen-bond acceptors (Lipinski definition) is 3. The van der Waals surface area contributed by atoms with Gasteiger partial charge in [-0.15, -0.1) is 0 Å². The van der Waals surface area contributed by atoms with E-state index in [1.807, 2.05) is 24.3 Å². The van der Waals surface area contributed by atoms with Crippen molar-refractivity contribution in [3.8, 4) is 0 Å². The maximum atomic E-state index is 12.3. The normalized spacial score (nSPS) is 16.8. The number of halogens is 1. The highest BCUT2D eigenvalue weighted by Gasteiger charge is 2.44. The molecule has 1 aliphatic carbocycles. The van der Waals surface area contributed by atoms with Gasteiger partial charge in [-0.05, 0) is 49.1 Å². The van der Waals surface area contributed by atoms with Crippen LogP contribution < -0.4 is 5.32 Å². The van der Waals surface area contributed by atoms with Crippen LogP contribution >= 0.6 is 11.6 Å². The number of amides is 3. The number of nitrogens with one attached hydrogen (secondary N) is 1. The summed E-state index contributed by atoms with van der Waals surface area (Å²) in [6.45, 7) is 0.832. The Bertz CT molecular complexity index is 917. The Morgan fingerprint density at radius 3 is 2.32 bits per heavy atom. The lowest BCUT2D eigenvalue weighted by Crippen LogP contribution is -2.34. The number of fused-ring (bicyclic) bond motifs is 1. The van der Waals surface area contributed by atoms with Crippen LogP contribution in [-0.4, -0.2) is 35.7 Å². The van der Waals surface area contributed by atoms with Crippen LogP contribution in [0.4, 0.5) is 0 Å². The van der Waals surface area contributed by atoms with E-state index in [-0.39, 0.29) is 36.1 Å². The second-order valence-corrected chi connectivity index (χ2v) is 7.91. The van der Waals surface area contributed by atoms with Crippen molar-refractivity contribution in [2.45, 2.75) is 31.1 Å². The van der Waals surface area contributed by atoms with Crippen molar-refractivity contribution >= 4 is 29.3 Å². The average Bonchev–Trinajstić information content (AvgIpc) is 3.46. The molecule has 1 heterocycles. The van der Waals surface area contributed by atoms with Gasteiger partial charge in [-0.1, -0.05) is 35.9 Å². The summed E-state index contributed by atoms with van der Waals surface area (Å²) in [6.07, 6.45) is 2.78. The van der Waals surface area contributed by atoms with Gasteiger partial charge in [0.25, 0.3) is 11.8 Å². The fraction of sp³-hybridized carbons (Fsp3) is 0.318. The van der Waals surface area contributed by atoms with E-state index in [4.69, 9.17) is 11.6 Å². The van der Waals surface area contributed by atoms with E-state index in [1.165, 1.54) is 4.90 Å². The van der Waals surface area contributed by atoms with Crippen LogP contribution in [0.3, 0.4) is 0 Å². The van der Waals surface area contributed by atoms with Crippen LogP contribution in [0.5, 0.6) is 0 Å². The number of carbonyl (C=O) groups excluding carboxylic acids is 3. The van der Waals surface area contributed by atoms with Gasteiger partial charge in [0.1, 0.15) is 0 Å². The Kier molecular flexibility index (Phi) is 4.94. The molecule has 144 valence electrons. The first-order valence-electron chi connectivity index (χ1n) is 9.48. The van der Waals surface area contributed by atoms with Gasteiger partial charge in [-0.25, -0.2) is 0 Å². The van der Waals surface area contributed by atoms with Crippen LogP contribution in [0.1, 0.15) is 52.0 Å². The Morgan fingerprint density at radius 1 is 1.04 bits per heavy atom. The van der Waals surface area contributed by atoms with Crippen LogP contribution in [0, 0.1) is 0 Å².